The second kappa shape index (κ2) is 12.1. The predicted octanol–water partition coefficient (Wildman–Crippen LogP) is 4.78. The van der Waals surface area contributed by atoms with Crippen LogP contribution >= 0.6 is 12.0 Å². The van der Waals surface area contributed by atoms with Crippen molar-refractivity contribution in [2.24, 2.45) is 0 Å². The van der Waals surface area contributed by atoms with Crippen LogP contribution in [0, 0.1) is 0 Å². The average Bonchev–Trinajstić information content (AvgIpc) is 2.29. The Morgan fingerprint density at radius 3 is 1.83 bits per heavy atom. The van der Waals surface area contributed by atoms with Gasteiger partial charge in [0.2, 0.25) is 0 Å². The second-order valence-corrected chi connectivity index (χ2v) is 4.81. The fourth-order valence-corrected chi connectivity index (χ4v) is 1.95. The highest BCUT2D eigenvalue weighted by atomic mass is 32.2. The molecule has 0 aromatic heterocycles. The SMILES string of the molecule is OOSCCCCCCCCCCOC(F)(F)F. The Morgan fingerprint density at radius 2 is 1.33 bits per heavy atom. The molecule has 0 bridgehead atoms. The third kappa shape index (κ3) is 16.0. The van der Waals surface area contributed by atoms with Crippen LogP contribution in [-0.2, 0) is 9.07 Å². The molecular weight excluding hydrogens is 269 g/mol. The quantitative estimate of drug-likeness (QED) is 0.243. The molecule has 1 N–H and O–H groups in total. The number of rotatable bonds is 12. The highest BCUT2D eigenvalue weighted by Crippen LogP contribution is 2.17. The number of hydrogen-bond acceptors (Lipinski definition) is 4. The van der Waals surface area contributed by atoms with Crippen molar-refractivity contribution in [1.82, 2.24) is 0 Å². The molecule has 0 unspecified atom stereocenters. The van der Waals surface area contributed by atoms with Gasteiger partial charge in [-0.15, -0.1) is 13.2 Å². The lowest BCUT2D eigenvalue weighted by atomic mass is 10.1. The summed E-state index contributed by atoms with van der Waals surface area (Å²) in [5.41, 5.74) is 0. The van der Waals surface area contributed by atoms with E-state index in [1.165, 1.54) is 0 Å². The molecule has 0 amide bonds. The van der Waals surface area contributed by atoms with Crippen molar-refractivity contribution in [3.05, 3.63) is 0 Å². The molecule has 110 valence electrons. The van der Waals surface area contributed by atoms with Gasteiger partial charge in [0, 0.05) is 17.8 Å². The summed E-state index contributed by atoms with van der Waals surface area (Å²) in [6, 6.07) is 0. The second-order valence-electron chi connectivity index (χ2n) is 4.02. The Morgan fingerprint density at radius 1 is 0.833 bits per heavy atom. The maximum absolute atomic E-state index is 11.6. The molecule has 7 heteroatoms. The van der Waals surface area contributed by atoms with Crippen LogP contribution in [0.1, 0.15) is 51.4 Å². The van der Waals surface area contributed by atoms with E-state index in [4.69, 9.17) is 5.26 Å². The van der Waals surface area contributed by atoms with E-state index < -0.39 is 6.36 Å². The molecule has 0 aromatic rings. The molecule has 0 rings (SSSR count). The molecule has 0 saturated heterocycles. The van der Waals surface area contributed by atoms with Crippen molar-refractivity contribution >= 4 is 12.0 Å². The van der Waals surface area contributed by atoms with Crippen molar-refractivity contribution in [2.45, 2.75) is 57.7 Å². The molecular formula is C11H21F3O3S. The van der Waals surface area contributed by atoms with Crippen molar-refractivity contribution in [3.8, 4) is 0 Å². The van der Waals surface area contributed by atoms with Gasteiger partial charge in [-0.1, -0.05) is 38.5 Å². The largest absolute Gasteiger partial charge is 0.522 e. The van der Waals surface area contributed by atoms with E-state index in [1.54, 1.807) is 0 Å². The van der Waals surface area contributed by atoms with E-state index in [9.17, 15) is 13.2 Å². The lowest BCUT2D eigenvalue weighted by Gasteiger charge is -2.06. The van der Waals surface area contributed by atoms with Crippen molar-refractivity contribution in [1.29, 1.82) is 0 Å². The summed E-state index contributed by atoms with van der Waals surface area (Å²) in [7, 11) is 0. The monoisotopic (exact) mass is 290 g/mol. The normalized spacial score (nSPS) is 12.0. The molecule has 0 aliphatic heterocycles. The lowest BCUT2D eigenvalue weighted by Crippen LogP contribution is -2.13. The van der Waals surface area contributed by atoms with Gasteiger partial charge in [-0.2, -0.15) is 4.33 Å². The van der Waals surface area contributed by atoms with E-state index >= 15 is 0 Å². The van der Waals surface area contributed by atoms with Gasteiger partial charge >= 0.3 is 6.36 Å². The van der Waals surface area contributed by atoms with Crippen LogP contribution in [0.3, 0.4) is 0 Å². The first-order chi connectivity index (χ1) is 8.56. The Balaban J connectivity index is 2.99. The van der Waals surface area contributed by atoms with Gasteiger partial charge in [0.05, 0.1) is 6.61 Å². The fraction of sp³-hybridized carbons (Fsp3) is 1.00. The molecule has 3 nitrogen and oxygen atoms in total. The van der Waals surface area contributed by atoms with Gasteiger partial charge in [0.15, 0.2) is 0 Å². The number of unbranched alkanes of at least 4 members (excludes halogenated alkanes) is 7. The van der Waals surface area contributed by atoms with Crippen molar-refractivity contribution in [3.63, 3.8) is 0 Å². The maximum Gasteiger partial charge on any atom is 0.522 e. The van der Waals surface area contributed by atoms with Gasteiger partial charge < -0.3 is 0 Å². The zero-order valence-electron chi connectivity index (χ0n) is 10.4. The van der Waals surface area contributed by atoms with E-state index in [1.807, 2.05) is 0 Å². The zero-order chi connectivity index (χ0) is 13.7. The minimum atomic E-state index is -4.49. The Hall–Kier alpha value is 0.0200. The zero-order valence-corrected chi connectivity index (χ0v) is 11.2. The first kappa shape index (κ1) is 18.0. The molecule has 0 atom stereocenters. The smallest absolute Gasteiger partial charge is 0.292 e. The number of alkyl halides is 3. The van der Waals surface area contributed by atoms with Gasteiger partial charge in [-0.3, -0.25) is 4.74 Å². The first-order valence-electron chi connectivity index (χ1n) is 6.20. The number of hydrogen-bond donors (Lipinski definition) is 1. The summed E-state index contributed by atoms with van der Waals surface area (Å²) in [5.74, 6) is 0.783. The maximum atomic E-state index is 11.6. The summed E-state index contributed by atoms with van der Waals surface area (Å²) in [4.78, 5) is 0. The molecule has 0 saturated carbocycles. The fourth-order valence-electron chi connectivity index (χ4n) is 1.55. The van der Waals surface area contributed by atoms with Gasteiger partial charge in [0.25, 0.3) is 0 Å². The third-order valence-corrected chi connectivity index (χ3v) is 3.00. The molecule has 0 heterocycles. The standard InChI is InChI=1S/C11H21F3O3S/c12-11(13,14)16-9-7-5-3-1-2-4-6-8-10-18-17-15/h15H,1-10H2. The average molecular weight is 290 g/mol. The van der Waals surface area contributed by atoms with Crippen molar-refractivity contribution < 1.29 is 27.5 Å². The molecule has 0 aliphatic carbocycles. The number of halogens is 3. The van der Waals surface area contributed by atoms with Crippen LogP contribution in [0.5, 0.6) is 0 Å². The Bertz CT molecular complexity index is 179. The Kier molecular flexibility index (Phi) is 12.1. The van der Waals surface area contributed by atoms with Crippen LogP contribution in [0.25, 0.3) is 0 Å². The molecule has 0 spiro atoms. The lowest BCUT2D eigenvalue weighted by molar-refractivity contribution is -0.324. The van der Waals surface area contributed by atoms with E-state index in [2.05, 4.69) is 9.07 Å². The van der Waals surface area contributed by atoms with Gasteiger partial charge in [-0.25, -0.2) is 5.26 Å². The van der Waals surface area contributed by atoms with Crippen LogP contribution in [0.2, 0.25) is 0 Å². The topological polar surface area (TPSA) is 38.7 Å². The molecule has 0 radical (unpaired) electrons. The minimum Gasteiger partial charge on any atom is -0.292 e. The van der Waals surface area contributed by atoms with E-state index in [-0.39, 0.29) is 6.61 Å². The summed E-state index contributed by atoms with van der Waals surface area (Å²) in [6.45, 7) is -0.234. The van der Waals surface area contributed by atoms with Crippen LogP contribution in [0.4, 0.5) is 13.2 Å². The highest BCUT2D eigenvalue weighted by molar-refractivity contribution is 7.94. The van der Waals surface area contributed by atoms with Crippen LogP contribution in [-0.4, -0.2) is 24.0 Å². The van der Waals surface area contributed by atoms with Gasteiger partial charge in [-0.05, 0) is 12.8 Å². The minimum absolute atomic E-state index is 0.234. The third-order valence-electron chi connectivity index (χ3n) is 2.44. The Labute approximate surface area is 110 Å². The first-order valence-corrected chi connectivity index (χ1v) is 7.11. The molecule has 0 aromatic carbocycles. The summed E-state index contributed by atoms with van der Waals surface area (Å²) < 4.78 is 42.4. The molecule has 18 heavy (non-hydrogen) atoms. The van der Waals surface area contributed by atoms with E-state index in [0.29, 0.717) is 6.42 Å². The van der Waals surface area contributed by atoms with Crippen LogP contribution in [0.15, 0.2) is 0 Å². The van der Waals surface area contributed by atoms with Crippen molar-refractivity contribution in [2.75, 3.05) is 12.4 Å². The van der Waals surface area contributed by atoms with Gasteiger partial charge in [0.1, 0.15) is 0 Å². The highest BCUT2D eigenvalue weighted by Gasteiger charge is 2.28. The molecule has 0 aliphatic rings. The summed E-state index contributed by atoms with van der Waals surface area (Å²) in [6.07, 6.45) is 3.07. The number of ether oxygens (including phenoxy) is 1. The summed E-state index contributed by atoms with van der Waals surface area (Å²) in [5, 5.41) is 8.04. The van der Waals surface area contributed by atoms with E-state index in [0.717, 1.165) is 62.7 Å². The summed E-state index contributed by atoms with van der Waals surface area (Å²) >= 11 is 1.04. The predicted molar refractivity (Wildman–Crippen MR) is 65.1 cm³/mol. The van der Waals surface area contributed by atoms with Crippen LogP contribution < -0.4 is 0 Å². The molecule has 0 fully saturated rings.